The van der Waals surface area contributed by atoms with Crippen molar-refractivity contribution in [3.8, 4) is 0 Å². The fourth-order valence-corrected chi connectivity index (χ4v) is 5.47. The molecule has 0 saturated heterocycles. The summed E-state index contributed by atoms with van der Waals surface area (Å²) in [5.74, 6) is -0.367. The highest BCUT2D eigenvalue weighted by Gasteiger charge is 2.22. The van der Waals surface area contributed by atoms with Crippen molar-refractivity contribution in [1.29, 1.82) is 0 Å². The minimum Gasteiger partial charge on any atom is -0.325 e. The number of thioether (sulfide) groups is 1. The number of nitrogens with one attached hydrogen (secondary N) is 1. The van der Waals surface area contributed by atoms with Crippen molar-refractivity contribution in [2.24, 2.45) is 0 Å². The predicted molar refractivity (Wildman–Crippen MR) is 109 cm³/mol. The Morgan fingerprint density at radius 1 is 1.07 bits per heavy atom. The van der Waals surface area contributed by atoms with Crippen LogP contribution in [-0.2, 0) is 14.8 Å². The molecule has 0 bridgehead atoms. The number of hydrogen-bond acceptors (Lipinski definition) is 4. The van der Waals surface area contributed by atoms with Crippen LogP contribution in [0.2, 0.25) is 0 Å². The molecule has 0 aliphatic heterocycles. The van der Waals surface area contributed by atoms with Crippen LogP contribution in [0.25, 0.3) is 0 Å². The number of hydrogen-bond donors (Lipinski definition) is 1. The second-order valence-electron chi connectivity index (χ2n) is 6.67. The van der Waals surface area contributed by atoms with Gasteiger partial charge in [0.2, 0.25) is 15.9 Å². The summed E-state index contributed by atoms with van der Waals surface area (Å²) >= 11 is 1.89. The van der Waals surface area contributed by atoms with Crippen molar-refractivity contribution in [1.82, 2.24) is 4.31 Å². The summed E-state index contributed by atoms with van der Waals surface area (Å²) in [7, 11) is -2.27. The molecule has 2 aromatic carbocycles. The van der Waals surface area contributed by atoms with Gasteiger partial charge in [-0.05, 0) is 49.2 Å². The maximum Gasteiger partial charge on any atom is 0.243 e. The van der Waals surface area contributed by atoms with Gasteiger partial charge in [-0.1, -0.05) is 31.0 Å². The van der Waals surface area contributed by atoms with Crippen molar-refractivity contribution in [2.75, 3.05) is 18.9 Å². The van der Waals surface area contributed by atoms with Crippen LogP contribution >= 0.6 is 11.8 Å². The van der Waals surface area contributed by atoms with Gasteiger partial charge in [-0.25, -0.2) is 8.42 Å². The number of carbonyl (C=O) groups excluding carboxylic acids is 1. The average Bonchev–Trinajstić information content (AvgIpc) is 3.17. The second-order valence-corrected chi connectivity index (χ2v) is 10.1. The summed E-state index contributed by atoms with van der Waals surface area (Å²) in [6, 6.07) is 15.8. The van der Waals surface area contributed by atoms with E-state index in [1.165, 1.54) is 49.8 Å². The summed E-state index contributed by atoms with van der Waals surface area (Å²) < 4.78 is 26.0. The third-order valence-electron chi connectivity index (χ3n) is 4.56. The molecule has 3 rings (SSSR count). The molecule has 0 heterocycles. The molecule has 1 amide bonds. The number of carbonyl (C=O) groups is 1. The summed E-state index contributed by atoms with van der Waals surface area (Å²) in [4.78, 5) is 13.6. The molecule has 1 aliphatic carbocycles. The van der Waals surface area contributed by atoms with Gasteiger partial charge in [-0.3, -0.25) is 4.79 Å². The Bertz CT molecular complexity index is 862. The van der Waals surface area contributed by atoms with E-state index in [-0.39, 0.29) is 17.3 Å². The first kappa shape index (κ1) is 19.9. The minimum absolute atomic E-state index is 0.175. The van der Waals surface area contributed by atoms with Crippen molar-refractivity contribution in [3.05, 3.63) is 54.6 Å². The molecule has 0 atom stereocenters. The average molecular weight is 405 g/mol. The van der Waals surface area contributed by atoms with E-state index in [1.807, 2.05) is 36.0 Å². The third-order valence-corrected chi connectivity index (χ3v) is 7.73. The number of rotatable bonds is 7. The number of nitrogens with zero attached hydrogens (tertiary/aromatic N) is 1. The standard InChI is InChI=1S/C20H24N2O3S2/c1-22(27(24,25)19-9-3-2-4-10-19)15-20(23)21-16-11-13-18(14-12-16)26-17-7-5-6-8-17/h2-4,9-14,17H,5-8,15H2,1H3,(H,21,23). The van der Waals surface area contributed by atoms with Crippen LogP contribution in [0.5, 0.6) is 0 Å². The number of sulfonamides is 1. The Morgan fingerprint density at radius 3 is 2.33 bits per heavy atom. The lowest BCUT2D eigenvalue weighted by Crippen LogP contribution is -2.34. The van der Waals surface area contributed by atoms with Crippen molar-refractivity contribution >= 4 is 33.4 Å². The molecule has 0 radical (unpaired) electrons. The molecule has 1 fully saturated rings. The van der Waals surface area contributed by atoms with Crippen molar-refractivity contribution < 1.29 is 13.2 Å². The fourth-order valence-electron chi connectivity index (χ4n) is 3.08. The number of anilines is 1. The van der Waals surface area contributed by atoms with Crippen LogP contribution in [0.4, 0.5) is 5.69 Å². The molecule has 0 unspecified atom stereocenters. The van der Waals surface area contributed by atoms with Crippen molar-refractivity contribution in [2.45, 2.75) is 40.7 Å². The second kappa shape index (κ2) is 8.91. The normalized spacial score (nSPS) is 15.2. The molecule has 1 N–H and O–H groups in total. The Morgan fingerprint density at radius 2 is 1.70 bits per heavy atom. The first-order valence-electron chi connectivity index (χ1n) is 9.03. The van der Waals surface area contributed by atoms with Gasteiger partial charge in [-0.2, -0.15) is 4.31 Å². The lowest BCUT2D eigenvalue weighted by atomic mass is 10.3. The summed E-state index contributed by atoms with van der Waals surface area (Å²) in [6.45, 7) is -0.240. The van der Waals surface area contributed by atoms with E-state index in [2.05, 4.69) is 5.32 Å². The summed E-state index contributed by atoms with van der Waals surface area (Å²) in [5.41, 5.74) is 0.668. The van der Waals surface area contributed by atoms with Crippen LogP contribution in [0.15, 0.2) is 64.4 Å². The Labute approximate surface area is 165 Å². The Hall–Kier alpha value is -1.83. The van der Waals surface area contributed by atoms with E-state index in [0.717, 1.165) is 4.31 Å². The van der Waals surface area contributed by atoms with E-state index in [9.17, 15) is 13.2 Å². The van der Waals surface area contributed by atoms with Gasteiger partial charge in [0.25, 0.3) is 0 Å². The smallest absolute Gasteiger partial charge is 0.243 e. The van der Waals surface area contributed by atoms with Crippen molar-refractivity contribution in [3.63, 3.8) is 0 Å². The van der Waals surface area contributed by atoms with E-state index < -0.39 is 10.0 Å². The third kappa shape index (κ3) is 5.34. The van der Waals surface area contributed by atoms with Gasteiger partial charge in [0.05, 0.1) is 11.4 Å². The molecular weight excluding hydrogens is 380 g/mol. The van der Waals surface area contributed by atoms with Gasteiger partial charge in [0, 0.05) is 22.9 Å². The Balaban J connectivity index is 1.55. The monoisotopic (exact) mass is 404 g/mol. The highest BCUT2D eigenvalue weighted by molar-refractivity contribution is 8.00. The van der Waals surface area contributed by atoms with Crippen LogP contribution in [0.3, 0.4) is 0 Å². The number of benzene rings is 2. The summed E-state index contributed by atoms with van der Waals surface area (Å²) in [5, 5.41) is 3.46. The van der Waals surface area contributed by atoms with E-state index in [0.29, 0.717) is 10.9 Å². The SMILES string of the molecule is CN(CC(=O)Nc1ccc(SC2CCCC2)cc1)S(=O)(=O)c1ccccc1. The van der Waals surface area contributed by atoms with Crippen LogP contribution in [-0.4, -0.2) is 37.5 Å². The number of amides is 1. The quantitative estimate of drug-likeness (QED) is 0.758. The molecular formula is C20H24N2O3S2. The van der Waals surface area contributed by atoms with E-state index >= 15 is 0 Å². The van der Waals surface area contributed by atoms with Crippen LogP contribution in [0, 0.1) is 0 Å². The van der Waals surface area contributed by atoms with Crippen LogP contribution < -0.4 is 5.32 Å². The molecule has 5 nitrogen and oxygen atoms in total. The largest absolute Gasteiger partial charge is 0.325 e. The lowest BCUT2D eigenvalue weighted by molar-refractivity contribution is -0.116. The van der Waals surface area contributed by atoms with Gasteiger partial charge in [-0.15, -0.1) is 11.8 Å². The van der Waals surface area contributed by atoms with Crippen LogP contribution in [0.1, 0.15) is 25.7 Å². The first-order chi connectivity index (χ1) is 12.9. The molecule has 0 aromatic heterocycles. The molecule has 27 heavy (non-hydrogen) atoms. The molecule has 1 saturated carbocycles. The summed E-state index contributed by atoms with van der Waals surface area (Å²) in [6.07, 6.45) is 5.16. The highest BCUT2D eigenvalue weighted by Crippen LogP contribution is 2.34. The predicted octanol–water partition coefficient (Wildman–Crippen LogP) is 3.98. The van der Waals surface area contributed by atoms with E-state index in [1.54, 1.807) is 18.2 Å². The maximum atomic E-state index is 12.5. The molecule has 2 aromatic rings. The minimum atomic E-state index is -3.68. The first-order valence-corrected chi connectivity index (χ1v) is 11.3. The number of likely N-dealkylation sites (N-methyl/N-ethyl adjacent to an activating group) is 1. The lowest BCUT2D eigenvalue weighted by Gasteiger charge is -2.17. The van der Waals surface area contributed by atoms with Gasteiger partial charge in [0.1, 0.15) is 0 Å². The van der Waals surface area contributed by atoms with Gasteiger partial charge < -0.3 is 5.32 Å². The zero-order valence-electron chi connectivity index (χ0n) is 15.3. The zero-order chi connectivity index (χ0) is 19.3. The van der Waals surface area contributed by atoms with Gasteiger partial charge in [0.15, 0.2) is 0 Å². The Kier molecular flexibility index (Phi) is 6.57. The topological polar surface area (TPSA) is 66.5 Å². The highest BCUT2D eigenvalue weighted by atomic mass is 32.2. The maximum absolute atomic E-state index is 12.5. The zero-order valence-corrected chi connectivity index (χ0v) is 16.9. The molecule has 7 heteroatoms. The molecule has 1 aliphatic rings. The van der Waals surface area contributed by atoms with E-state index in [4.69, 9.17) is 0 Å². The van der Waals surface area contributed by atoms with Gasteiger partial charge >= 0.3 is 0 Å². The fraction of sp³-hybridized carbons (Fsp3) is 0.350. The molecule has 144 valence electrons. The molecule has 0 spiro atoms.